The predicted octanol–water partition coefficient (Wildman–Crippen LogP) is 5.41. The van der Waals surface area contributed by atoms with Gasteiger partial charge < -0.3 is 15.2 Å². The molecule has 0 aliphatic carbocycles. The molecule has 0 radical (unpaired) electrons. The van der Waals surface area contributed by atoms with Crippen molar-refractivity contribution in [3.63, 3.8) is 0 Å². The molecule has 10 heteroatoms. The Morgan fingerprint density at radius 2 is 1.83 bits per heavy atom. The van der Waals surface area contributed by atoms with Crippen molar-refractivity contribution in [2.75, 3.05) is 5.32 Å². The lowest BCUT2D eigenvalue weighted by atomic mass is 10.2. The highest BCUT2D eigenvalue weighted by Crippen LogP contribution is 2.38. The van der Waals surface area contributed by atoms with E-state index in [0.29, 0.717) is 31.5 Å². The van der Waals surface area contributed by atoms with Crippen LogP contribution in [-0.4, -0.2) is 15.0 Å². The van der Waals surface area contributed by atoms with Crippen molar-refractivity contribution >= 4 is 49.1 Å². The molecule has 0 unspecified atom stereocenters. The van der Waals surface area contributed by atoms with Gasteiger partial charge in [-0.1, -0.05) is 0 Å². The number of anilines is 2. The summed E-state index contributed by atoms with van der Waals surface area (Å²) in [5, 5.41) is 32.4. The van der Waals surface area contributed by atoms with Crippen LogP contribution in [0.4, 0.5) is 17.2 Å². The van der Waals surface area contributed by atoms with Gasteiger partial charge in [0.05, 0.1) is 32.1 Å². The number of nitro groups is 1. The molecule has 0 aliphatic rings. The number of aliphatic hydroxyl groups excluding tert-OH is 1. The molecule has 8 nitrogen and oxygen atoms in total. The number of benzene rings is 2. The van der Waals surface area contributed by atoms with Crippen LogP contribution in [0, 0.1) is 21.4 Å². The van der Waals surface area contributed by atoms with Crippen molar-refractivity contribution in [3.8, 4) is 17.7 Å². The molecule has 29 heavy (non-hydrogen) atoms. The van der Waals surface area contributed by atoms with Crippen LogP contribution in [-0.2, 0) is 6.61 Å². The molecular weight excluding hydrogens is 508 g/mol. The minimum Gasteiger partial charge on any atom is -0.437 e. The van der Waals surface area contributed by atoms with Crippen LogP contribution in [0.15, 0.2) is 57.5 Å². The number of nitrogens with one attached hydrogen (secondary N) is 1. The molecule has 3 rings (SSSR count). The number of nitrogens with zero attached hydrogens (tertiary/aromatic N) is 3. The fourth-order valence-electron chi connectivity index (χ4n) is 2.40. The molecule has 0 aliphatic heterocycles. The smallest absolute Gasteiger partial charge is 0.311 e. The second-order valence-corrected chi connectivity index (χ2v) is 7.45. The van der Waals surface area contributed by atoms with E-state index in [9.17, 15) is 15.2 Å². The van der Waals surface area contributed by atoms with Gasteiger partial charge in [-0.05, 0) is 73.8 Å². The minimum absolute atomic E-state index is 0.00330. The maximum atomic E-state index is 11.4. The van der Waals surface area contributed by atoms with Crippen molar-refractivity contribution in [3.05, 3.63) is 78.7 Å². The first kappa shape index (κ1) is 20.7. The number of aromatic nitrogens is 1. The fourth-order valence-corrected chi connectivity index (χ4v) is 3.84. The van der Waals surface area contributed by atoms with Gasteiger partial charge in [0, 0.05) is 17.8 Å². The van der Waals surface area contributed by atoms with Gasteiger partial charge in [0.1, 0.15) is 0 Å². The van der Waals surface area contributed by atoms with Crippen LogP contribution in [0.2, 0.25) is 0 Å². The Morgan fingerprint density at radius 3 is 2.38 bits per heavy atom. The summed E-state index contributed by atoms with van der Waals surface area (Å²) in [6.07, 6.45) is 0. The summed E-state index contributed by atoms with van der Waals surface area (Å²) in [5.74, 6) is 0.536. The van der Waals surface area contributed by atoms with Gasteiger partial charge in [-0.15, -0.1) is 0 Å². The average Bonchev–Trinajstić information content (AvgIpc) is 2.71. The van der Waals surface area contributed by atoms with E-state index in [-0.39, 0.29) is 24.0 Å². The molecule has 0 bridgehead atoms. The number of pyridine rings is 1. The van der Waals surface area contributed by atoms with Gasteiger partial charge in [-0.2, -0.15) is 10.2 Å². The molecule has 2 N–H and O–H groups in total. The molecule has 0 amide bonds. The monoisotopic (exact) mass is 518 g/mol. The van der Waals surface area contributed by atoms with E-state index in [0.717, 1.165) is 0 Å². The number of ether oxygens (including phenoxy) is 1. The Balaban J connectivity index is 1.94. The maximum absolute atomic E-state index is 11.4. The van der Waals surface area contributed by atoms with Crippen LogP contribution in [0.1, 0.15) is 11.1 Å². The fraction of sp³-hybridized carbons (Fsp3) is 0.0526. The molecule has 0 saturated heterocycles. The van der Waals surface area contributed by atoms with Gasteiger partial charge in [-0.3, -0.25) is 10.1 Å². The minimum atomic E-state index is -0.551. The van der Waals surface area contributed by atoms with Crippen molar-refractivity contribution in [2.45, 2.75) is 6.61 Å². The maximum Gasteiger partial charge on any atom is 0.311 e. The van der Waals surface area contributed by atoms with E-state index in [1.165, 1.54) is 12.1 Å². The van der Waals surface area contributed by atoms with Crippen LogP contribution in [0.5, 0.6) is 11.6 Å². The molecular formula is C19H12Br2N4O4. The highest BCUT2D eigenvalue weighted by atomic mass is 79.9. The standard InChI is InChI=1S/C19H12Br2N4O4/c20-14-7-12(10-26)8-15(21)18(14)29-17-6-5-16(25(27)28)19(24-17)23-13-3-1-11(9-22)2-4-13/h1-8,26H,10H2,(H,23,24). The van der Waals surface area contributed by atoms with E-state index in [1.54, 1.807) is 36.4 Å². The van der Waals surface area contributed by atoms with E-state index in [4.69, 9.17) is 10.00 Å². The second-order valence-electron chi connectivity index (χ2n) is 5.74. The zero-order valence-corrected chi connectivity index (χ0v) is 17.8. The third kappa shape index (κ3) is 4.89. The Kier molecular flexibility index (Phi) is 6.43. The molecule has 0 fully saturated rings. The summed E-state index contributed by atoms with van der Waals surface area (Å²) in [4.78, 5) is 15.0. The zero-order valence-electron chi connectivity index (χ0n) is 14.6. The van der Waals surface area contributed by atoms with Crippen molar-refractivity contribution in [1.29, 1.82) is 5.26 Å². The number of halogens is 2. The van der Waals surface area contributed by atoms with Gasteiger partial charge in [-0.25, -0.2) is 0 Å². The largest absolute Gasteiger partial charge is 0.437 e. The Morgan fingerprint density at radius 1 is 1.17 bits per heavy atom. The summed E-state index contributed by atoms with van der Waals surface area (Å²) >= 11 is 6.75. The van der Waals surface area contributed by atoms with Crippen molar-refractivity contribution in [2.24, 2.45) is 0 Å². The van der Waals surface area contributed by atoms with E-state index in [2.05, 4.69) is 42.2 Å². The predicted molar refractivity (Wildman–Crippen MR) is 113 cm³/mol. The highest BCUT2D eigenvalue weighted by molar-refractivity contribution is 9.11. The Labute approximate surface area is 182 Å². The molecule has 1 heterocycles. The van der Waals surface area contributed by atoms with Crippen LogP contribution >= 0.6 is 31.9 Å². The summed E-state index contributed by atoms with van der Waals surface area (Å²) in [7, 11) is 0. The first-order chi connectivity index (χ1) is 13.9. The lowest BCUT2D eigenvalue weighted by Crippen LogP contribution is -2.01. The molecule has 0 spiro atoms. The first-order valence-corrected chi connectivity index (χ1v) is 9.69. The first-order valence-electron chi connectivity index (χ1n) is 8.10. The lowest BCUT2D eigenvalue weighted by Gasteiger charge is -2.12. The molecule has 1 aromatic heterocycles. The lowest BCUT2D eigenvalue weighted by molar-refractivity contribution is -0.384. The third-order valence-electron chi connectivity index (χ3n) is 3.77. The van der Waals surface area contributed by atoms with Crippen molar-refractivity contribution in [1.82, 2.24) is 4.98 Å². The molecule has 3 aromatic rings. The van der Waals surface area contributed by atoms with Gasteiger partial charge in [0.15, 0.2) is 5.75 Å². The normalized spacial score (nSPS) is 10.3. The third-order valence-corrected chi connectivity index (χ3v) is 4.95. The molecule has 146 valence electrons. The van der Waals surface area contributed by atoms with Gasteiger partial charge in [0.2, 0.25) is 11.7 Å². The number of nitriles is 1. The van der Waals surface area contributed by atoms with E-state index >= 15 is 0 Å². The van der Waals surface area contributed by atoms with Crippen LogP contribution in [0.3, 0.4) is 0 Å². The van der Waals surface area contributed by atoms with E-state index < -0.39 is 4.92 Å². The molecule has 2 aromatic carbocycles. The zero-order chi connectivity index (χ0) is 21.0. The van der Waals surface area contributed by atoms with Crippen molar-refractivity contribution < 1.29 is 14.8 Å². The van der Waals surface area contributed by atoms with Gasteiger partial charge in [0.25, 0.3) is 0 Å². The van der Waals surface area contributed by atoms with Gasteiger partial charge >= 0.3 is 5.69 Å². The molecule has 0 atom stereocenters. The van der Waals surface area contributed by atoms with Crippen LogP contribution < -0.4 is 10.1 Å². The number of hydrogen-bond acceptors (Lipinski definition) is 7. The highest BCUT2D eigenvalue weighted by Gasteiger charge is 2.18. The number of aliphatic hydroxyl groups is 1. The molecule has 0 saturated carbocycles. The topological polar surface area (TPSA) is 121 Å². The van der Waals surface area contributed by atoms with Crippen LogP contribution in [0.25, 0.3) is 0 Å². The number of hydrogen-bond donors (Lipinski definition) is 2. The Hall–Kier alpha value is -3.00. The van der Waals surface area contributed by atoms with E-state index in [1.807, 2.05) is 6.07 Å². The average molecular weight is 520 g/mol. The summed E-state index contributed by atoms with van der Waals surface area (Å²) < 4.78 is 6.96. The summed E-state index contributed by atoms with van der Waals surface area (Å²) in [6.45, 7) is -0.133. The second kappa shape index (κ2) is 9.00. The Bertz CT molecular complexity index is 1090. The SMILES string of the molecule is N#Cc1ccc(Nc2nc(Oc3c(Br)cc(CO)cc3Br)ccc2[N+](=O)[O-])cc1. The quantitative estimate of drug-likeness (QED) is 0.329. The summed E-state index contributed by atoms with van der Waals surface area (Å²) in [5.41, 5.74) is 1.45. The number of rotatable bonds is 6. The summed E-state index contributed by atoms with van der Waals surface area (Å²) in [6, 6.07) is 14.5.